The summed E-state index contributed by atoms with van der Waals surface area (Å²) in [5, 5.41) is 5.93. The fraction of sp³-hybridized carbons (Fsp3) is 0.632. The summed E-state index contributed by atoms with van der Waals surface area (Å²) in [5.74, 6) is 0. The Morgan fingerprint density at radius 1 is 1.32 bits per heavy atom. The molecule has 1 aromatic carbocycles. The Morgan fingerprint density at radius 2 is 2.00 bits per heavy atom. The van der Waals surface area contributed by atoms with Gasteiger partial charge in [-0.25, -0.2) is 4.79 Å². The molecule has 0 aromatic heterocycles. The number of morpholine rings is 1. The van der Waals surface area contributed by atoms with Gasteiger partial charge in [-0.15, -0.1) is 0 Å². The number of carbonyl (C=O) groups excluding carboxylic acids is 1. The molecule has 6 nitrogen and oxygen atoms in total. The highest BCUT2D eigenvalue weighted by Crippen LogP contribution is 2.20. The van der Waals surface area contributed by atoms with E-state index in [1.807, 2.05) is 25.1 Å². The predicted octanol–water partition coefficient (Wildman–Crippen LogP) is 2.84. The number of carbonyl (C=O) groups is 1. The molecule has 2 rings (SSSR count). The first-order valence-corrected chi connectivity index (χ1v) is 9.00. The van der Waals surface area contributed by atoms with Crippen molar-refractivity contribution in [3.05, 3.63) is 29.8 Å². The Kier molecular flexibility index (Phi) is 7.68. The Labute approximate surface area is 150 Å². The van der Waals surface area contributed by atoms with Crippen LogP contribution in [0.25, 0.3) is 0 Å². The summed E-state index contributed by atoms with van der Waals surface area (Å²) < 4.78 is 10.8. The molecule has 1 saturated heterocycles. The van der Waals surface area contributed by atoms with E-state index >= 15 is 0 Å². The van der Waals surface area contributed by atoms with Gasteiger partial charge in [0.15, 0.2) is 0 Å². The number of nitrogens with one attached hydrogen (secondary N) is 2. The number of urea groups is 1. The van der Waals surface area contributed by atoms with Crippen LogP contribution in [0.4, 0.5) is 10.5 Å². The highest BCUT2D eigenvalue weighted by molar-refractivity contribution is 5.90. The summed E-state index contributed by atoms with van der Waals surface area (Å²) in [5.41, 5.74) is 1.97. The smallest absolute Gasteiger partial charge is 0.319 e. The highest BCUT2D eigenvalue weighted by atomic mass is 16.5. The molecule has 1 aromatic rings. The van der Waals surface area contributed by atoms with Crippen molar-refractivity contribution < 1.29 is 14.3 Å². The standard InChI is InChI=1S/C19H31N3O3/c1-14(9-10-24-4)20-19(23)21-18-8-6-5-7-17(18)13-22-11-15(2)25-16(3)12-22/h5-8,14-16H,9-13H2,1-4H3,(H2,20,21,23)/t14-,15-,16-/m0/s1. The van der Waals surface area contributed by atoms with Crippen LogP contribution >= 0.6 is 0 Å². The molecule has 1 aliphatic heterocycles. The number of rotatable bonds is 7. The van der Waals surface area contributed by atoms with Gasteiger partial charge in [0.25, 0.3) is 0 Å². The van der Waals surface area contributed by atoms with E-state index in [-0.39, 0.29) is 24.3 Å². The second-order valence-electron chi connectivity index (χ2n) is 6.89. The van der Waals surface area contributed by atoms with Gasteiger partial charge in [0.05, 0.1) is 12.2 Å². The first kappa shape index (κ1) is 19.7. The summed E-state index contributed by atoms with van der Waals surface area (Å²) in [6.07, 6.45) is 1.25. The van der Waals surface area contributed by atoms with Crippen molar-refractivity contribution in [2.45, 2.75) is 52.0 Å². The summed E-state index contributed by atoms with van der Waals surface area (Å²) in [4.78, 5) is 14.6. The molecule has 3 atom stereocenters. The highest BCUT2D eigenvalue weighted by Gasteiger charge is 2.22. The maximum absolute atomic E-state index is 12.2. The molecular formula is C19H31N3O3. The fourth-order valence-corrected chi connectivity index (χ4v) is 3.18. The van der Waals surface area contributed by atoms with Gasteiger partial charge in [-0.1, -0.05) is 18.2 Å². The third-order valence-corrected chi connectivity index (χ3v) is 4.29. The van der Waals surface area contributed by atoms with Crippen molar-refractivity contribution >= 4 is 11.7 Å². The third kappa shape index (κ3) is 6.65. The molecule has 1 aliphatic rings. The number of para-hydroxylation sites is 1. The van der Waals surface area contributed by atoms with Crippen LogP contribution < -0.4 is 10.6 Å². The van der Waals surface area contributed by atoms with E-state index in [2.05, 4.69) is 35.4 Å². The van der Waals surface area contributed by atoms with Gasteiger partial charge in [-0.05, 0) is 38.8 Å². The summed E-state index contributed by atoms with van der Waals surface area (Å²) in [6, 6.07) is 7.84. The molecule has 2 amide bonds. The molecule has 0 unspecified atom stereocenters. The number of amides is 2. The van der Waals surface area contributed by atoms with Crippen molar-refractivity contribution in [2.24, 2.45) is 0 Å². The topological polar surface area (TPSA) is 62.8 Å². The first-order valence-electron chi connectivity index (χ1n) is 9.00. The quantitative estimate of drug-likeness (QED) is 0.795. The number of hydrogen-bond donors (Lipinski definition) is 2. The Hall–Kier alpha value is -1.63. The molecule has 2 N–H and O–H groups in total. The molecule has 0 aliphatic carbocycles. The fourth-order valence-electron chi connectivity index (χ4n) is 3.18. The SMILES string of the molecule is COCC[C@H](C)NC(=O)Nc1ccccc1CN1C[C@H](C)O[C@@H](C)C1. The predicted molar refractivity (Wildman–Crippen MR) is 99.8 cm³/mol. The lowest BCUT2D eigenvalue weighted by Gasteiger charge is -2.35. The van der Waals surface area contributed by atoms with Gasteiger partial charge in [-0.3, -0.25) is 4.90 Å². The lowest BCUT2D eigenvalue weighted by molar-refractivity contribution is -0.0704. The van der Waals surface area contributed by atoms with E-state index in [0.29, 0.717) is 6.61 Å². The van der Waals surface area contributed by atoms with Crippen LogP contribution in [0.1, 0.15) is 32.8 Å². The van der Waals surface area contributed by atoms with E-state index in [1.54, 1.807) is 7.11 Å². The van der Waals surface area contributed by atoms with Crippen LogP contribution in [0.3, 0.4) is 0 Å². The average Bonchev–Trinajstić information content (AvgIpc) is 2.53. The van der Waals surface area contributed by atoms with Crippen molar-refractivity contribution in [3.8, 4) is 0 Å². The number of benzene rings is 1. The molecular weight excluding hydrogens is 318 g/mol. The van der Waals surface area contributed by atoms with Crippen molar-refractivity contribution in [1.82, 2.24) is 10.2 Å². The van der Waals surface area contributed by atoms with Crippen molar-refractivity contribution in [1.29, 1.82) is 0 Å². The minimum Gasteiger partial charge on any atom is -0.385 e. The Balaban J connectivity index is 1.94. The van der Waals surface area contributed by atoms with Gasteiger partial charge >= 0.3 is 6.03 Å². The average molecular weight is 349 g/mol. The Bertz CT molecular complexity index is 542. The van der Waals surface area contributed by atoms with E-state index in [1.165, 1.54) is 0 Å². The molecule has 0 spiro atoms. The summed E-state index contributed by atoms with van der Waals surface area (Å²) in [7, 11) is 1.66. The normalized spacial score (nSPS) is 22.4. The minimum absolute atomic E-state index is 0.0630. The zero-order valence-corrected chi connectivity index (χ0v) is 15.7. The largest absolute Gasteiger partial charge is 0.385 e. The van der Waals surface area contributed by atoms with Crippen molar-refractivity contribution in [3.63, 3.8) is 0 Å². The van der Waals surface area contributed by atoms with Crippen molar-refractivity contribution in [2.75, 3.05) is 32.1 Å². The maximum Gasteiger partial charge on any atom is 0.319 e. The molecule has 0 bridgehead atoms. The zero-order valence-electron chi connectivity index (χ0n) is 15.7. The lowest BCUT2D eigenvalue weighted by atomic mass is 10.1. The third-order valence-electron chi connectivity index (χ3n) is 4.29. The molecule has 25 heavy (non-hydrogen) atoms. The number of anilines is 1. The van der Waals surface area contributed by atoms with Crippen LogP contribution in [0.15, 0.2) is 24.3 Å². The second kappa shape index (κ2) is 9.75. The monoisotopic (exact) mass is 349 g/mol. The molecule has 1 fully saturated rings. The van der Waals surface area contributed by atoms with Gasteiger partial charge in [0.1, 0.15) is 0 Å². The van der Waals surface area contributed by atoms with Gasteiger partial charge in [0.2, 0.25) is 0 Å². The first-order chi connectivity index (χ1) is 12.0. The van der Waals surface area contributed by atoms with E-state index < -0.39 is 0 Å². The molecule has 0 saturated carbocycles. The van der Waals surface area contributed by atoms with Crippen LogP contribution in [-0.4, -0.2) is 56.0 Å². The maximum atomic E-state index is 12.2. The number of ether oxygens (including phenoxy) is 2. The molecule has 1 heterocycles. The lowest BCUT2D eigenvalue weighted by Crippen LogP contribution is -2.45. The molecule has 0 radical (unpaired) electrons. The van der Waals surface area contributed by atoms with E-state index in [0.717, 1.165) is 37.3 Å². The molecule has 140 valence electrons. The number of methoxy groups -OCH3 is 1. The van der Waals surface area contributed by atoms with Crippen LogP contribution in [0.5, 0.6) is 0 Å². The Morgan fingerprint density at radius 3 is 2.68 bits per heavy atom. The van der Waals surface area contributed by atoms with Gasteiger partial charge in [0, 0.05) is 45.1 Å². The number of hydrogen-bond acceptors (Lipinski definition) is 4. The summed E-state index contributed by atoms with van der Waals surface area (Å²) >= 11 is 0. The van der Waals surface area contributed by atoms with Crippen LogP contribution in [0, 0.1) is 0 Å². The van der Waals surface area contributed by atoms with E-state index in [4.69, 9.17) is 9.47 Å². The molecule has 6 heteroatoms. The van der Waals surface area contributed by atoms with Gasteiger partial charge in [-0.2, -0.15) is 0 Å². The second-order valence-corrected chi connectivity index (χ2v) is 6.89. The van der Waals surface area contributed by atoms with Crippen LogP contribution in [0.2, 0.25) is 0 Å². The number of nitrogens with zero attached hydrogens (tertiary/aromatic N) is 1. The van der Waals surface area contributed by atoms with Gasteiger partial charge < -0.3 is 20.1 Å². The minimum atomic E-state index is -0.181. The van der Waals surface area contributed by atoms with E-state index in [9.17, 15) is 4.79 Å². The summed E-state index contributed by atoms with van der Waals surface area (Å²) in [6.45, 7) is 9.40. The zero-order chi connectivity index (χ0) is 18.2. The van der Waals surface area contributed by atoms with Crippen LogP contribution in [-0.2, 0) is 16.0 Å².